The lowest BCUT2D eigenvalue weighted by atomic mass is 9.46. The predicted octanol–water partition coefficient (Wildman–Crippen LogP) is 3.56. The van der Waals surface area contributed by atoms with E-state index in [-0.39, 0.29) is 17.8 Å². The third-order valence-corrected chi connectivity index (χ3v) is 10.5. The molecule has 33 heavy (non-hydrogen) atoms. The third kappa shape index (κ3) is 3.29. The summed E-state index contributed by atoms with van der Waals surface area (Å²) in [6.07, 6.45) is 0.809. The molecule has 1 aromatic carbocycles. The van der Waals surface area contributed by atoms with Gasteiger partial charge in [-0.05, 0) is 54.4 Å². The molecule has 1 saturated carbocycles. The largest absolute Gasteiger partial charge is 0.386 e. The van der Waals surface area contributed by atoms with Crippen LogP contribution in [0, 0.1) is 22.6 Å². The highest BCUT2D eigenvalue weighted by atomic mass is 32.1. The molecular formula is C26H37FN2O3S. The fourth-order valence-electron chi connectivity index (χ4n) is 6.43. The van der Waals surface area contributed by atoms with Crippen LogP contribution < -0.4 is 0 Å². The summed E-state index contributed by atoms with van der Waals surface area (Å²) in [5.41, 5.74) is -1.73. The molecular weight excluding hydrogens is 439 g/mol. The summed E-state index contributed by atoms with van der Waals surface area (Å²) >= 11 is 4.71. The lowest BCUT2D eigenvalue weighted by molar-refractivity contribution is -0.246. The summed E-state index contributed by atoms with van der Waals surface area (Å²) in [7, 11) is 0. The molecule has 1 saturated heterocycles. The van der Waals surface area contributed by atoms with Crippen molar-refractivity contribution in [3.63, 3.8) is 0 Å². The first-order valence-electron chi connectivity index (χ1n) is 11.7. The number of aliphatic hydroxyl groups is 2. The van der Waals surface area contributed by atoms with Gasteiger partial charge in [0.1, 0.15) is 17.0 Å². The number of thiol groups is 1. The number of hydrogen-bond donors (Lipinski definition) is 3. The highest BCUT2D eigenvalue weighted by Crippen LogP contribution is 2.62. The number of carbonyl (C=O) groups is 1. The zero-order valence-electron chi connectivity index (χ0n) is 20.5. The van der Waals surface area contributed by atoms with E-state index in [1.807, 2.05) is 33.8 Å². The van der Waals surface area contributed by atoms with Crippen LogP contribution in [0.15, 0.2) is 30.5 Å². The summed E-state index contributed by atoms with van der Waals surface area (Å²) in [6, 6.07) is 4.69. The van der Waals surface area contributed by atoms with E-state index in [1.54, 1.807) is 24.8 Å². The standard InChI is InChI=1S/C26H37FN2O3S/c1-15-13-28(14-19-18-12-17(27)9-8-16(18)10-11-29(15)19)21(30)20-23(2,3)24(4,5)22(33)26(7,32)25(20,6)31/h8-9,12,19-20,22,31-33H,1,10-11,13-14H2,2-7H3. The molecule has 2 N–H and O–H groups in total. The van der Waals surface area contributed by atoms with Gasteiger partial charge in [-0.1, -0.05) is 40.3 Å². The second-order valence-corrected chi connectivity index (χ2v) is 12.2. The molecule has 7 heteroatoms. The van der Waals surface area contributed by atoms with Crippen LogP contribution in [-0.4, -0.2) is 62.0 Å². The van der Waals surface area contributed by atoms with E-state index in [0.717, 1.165) is 29.8 Å². The molecule has 0 bridgehead atoms. The number of fused-ring (bicyclic) bond motifs is 3. The molecule has 1 amide bonds. The molecule has 0 spiro atoms. The van der Waals surface area contributed by atoms with E-state index in [4.69, 9.17) is 12.6 Å². The van der Waals surface area contributed by atoms with Crippen LogP contribution in [0.2, 0.25) is 0 Å². The van der Waals surface area contributed by atoms with Crippen molar-refractivity contribution in [2.75, 3.05) is 19.6 Å². The second-order valence-electron chi connectivity index (χ2n) is 11.7. The van der Waals surface area contributed by atoms with Crippen LogP contribution in [0.5, 0.6) is 0 Å². The van der Waals surface area contributed by atoms with Crippen molar-refractivity contribution in [2.45, 2.75) is 70.5 Å². The van der Waals surface area contributed by atoms with E-state index in [2.05, 4.69) is 11.5 Å². The quantitative estimate of drug-likeness (QED) is 0.543. The zero-order chi connectivity index (χ0) is 24.7. The van der Waals surface area contributed by atoms with Crippen molar-refractivity contribution >= 4 is 18.5 Å². The highest BCUT2D eigenvalue weighted by molar-refractivity contribution is 7.81. The van der Waals surface area contributed by atoms with Crippen LogP contribution in [-0.2, 0) is 11.2 Å². The van der Waals surface area contributed by atoms with Crippen LogP contribution in [0.25, 0.3) is 0 Å². The summed E-state index contributed by atoms with van der Waals surface area (Å²) in [5.74, 6) is -1.38. The number of hydrogen-bond acceptors (Lipinski definition) is 5. The second kappa shape index (κ2) is 7.46. The number of benzene rings is 1. The molecule has 182 valence electrons. The van der Waals surface area contributed by atoms with Gasteiger partial charge >= 0.3 is 0 Å². The minimum Gasteiger partial charge on any atom is -0.386 e. The molecule has 3 aliphatic rings. The van der Waals surface area contributed by atoms with Gasteiger partial charge in [-0.15, -0.1) is 0 Å². The number of halogens is 1. The van der Waals surface area contributed by atoms with Crippen molar-refractivity contribution in [3.05, 3.63) is 47.4 Å². The minimum atomic E-state index is -1.70. The summed E-state index contributed by atoms with van der Waals surface area (Å²) in [6.45, 7) is 16.8. The molecule has 4 rings (SSSR count). The number of piperazine rings is 1. The van der Waals surface area contributed by atoms with Crippen LogP contribution >= 0.6 is 12.6 Å². The number of rotatable bonds is 1. The van der Waals surface area contributed by atoms with Gasteiger partial charge in [0.25, 0.3) is 0 Å². The van der Waals surface area contributed by atoms with Gasteiger partial charge in [0, 0.05) is 24.0 Å². The normalized spacial score (nSPS) is 37.4. The average Bonchev–Trinajstić information content (AvgIpc) is 2.71. The zero-order valence-corrected chi connectivity index (χ0v) is 21.4. The van der Waals surface area contributed by atoms with Gasteiger partial charge in [0.2, 0.25) is 5.91 Å². The Bertz CT molecular complexity index is 975. The Morgan fingerprint density at radius 3 is 2.39 bits per heavy atom. The average molecular weight is 477 g/mol. The smallest absolute Gasteiger partial charge is 0.229 e. The first-order chi connectivity index (χ1) is 15.0. The lowest BCUT2D eigenvalue weighted by Crippen LogP contribution is -2.76. The molecule has 0 aromatic heterocycles. The Morgan fingerprint density at radius 1 is 1.12 bits per heavy atom. The fourth-order valence-corrected chi connectivity index (χ4v) is 7.02. The SMILES string of the molecule is C=C1CN(C(=O)C2C(C)(C)C(C)(C)C(S)C(C)(O)C2(C)O)CC2c3cc(F)ccc3CCN12. The Hall–Kier alpha value is -1.57. The van der Waals surface area contributed by atoms with Crippen LogP contribution in [0.4, 0.5) is 4.39 Å². The summed E-state index contributed by atoms with van der Waals surface area (Å²) in [4.78, 5) is 18.1. The molecule has 5 unspecified atom stereocenters. The van der Waals surface area contributed by atoms with Gasteiger partial charge in [-0.25, -0.2) is 4.39 Å². The van der Waals surface area contributed by atoms with E-state index < -0.39 is 33.2 Å². The minimum absolute atomic E-state index is 0.183. The predicted molar refractivity (Wildman–Crippen MR) is 130 cm³/mol. The Balaban J connectivity index is 1.74. The molecule has 5 nitrogen and oxygen atoms in total. The highest BCUT2D eigenvalue weighted by Gasteiger charge is 2.70. The van der Waals surface area contributed by atoms with Gasteiger partial charge in [-0.3, -0.25) is 4.79 Å². The molecule has 2 heterocycles. The maximum atomic E-state index is 14.2. The Labute approximate surface area is 202 Å². The topological polar surface area (TPSA) is 64.0 Å². The van der Waals surface area contributed by atoms with Gasteiger partial charge in [-0.2, -0.15) is 12.6 Å². The monoisotopic (exact) mass is 476 g/mol. The summed E-state index contributed by atoms with van der Waals surface area (Å²) in [5, 5.41) is 22.5. The summed E-state index contributed by atoms with van der Waals surface area (Å²) < 4.78 is 14.1. The number of nitrogens with zero attached hydrogens (tertiary/aromatic N) is 2. The molecule has 0 radical (unpaired) electrons. The van der Waals surface area contributed by atoms with E-state index in [1.165, 1.54) is 6.07 Å². The van der Waals surface area contributed by atoms with Crippen molar-refractivity contribution < 1.29 is 19.4 Å². The van der Waals surface area contributed by atoms with Crippen molar-refractivity contribution in [1.82, 2.24) is 9.80 Å². The third-order valence-electron chi connectivity index (χ3n) is 9.38. The van der Waals surface area contributed by atoms with Gasteiger partial charge in [0.05, 0.1) is 18.5 Å². The van der Waals surface area contributed by atoms with Crippen molar-refractivity contribution in [2.24, 2.45) is 16.7 Å². The van der Waals surface area contributed by atoms with E-state index >= 15 is 0 Å². The first kappa shape index (κ1) is 24.6. The fraction of sp³-hybridized carbons (Fsp3) is 0.654. The maximum Gasteiger partial charge on any atom is 0.229 e. The number of carbonyl (C=O) groups excluding carboxylic acids is 1. The van der Waals surface area contributed by atoms with E-state index in [9.17, 15) is 19.4 Å². The molecule has 2 aliphatic heterocycles. The van der Waals surface area contributed by atoms with E-state index in [0.29, 0.717) is 13.1 Å². The Morgan fingerprint density at radius 2 is 1.76 bits per heavy atom. The van der Waals surface area contributed by atoms with Crippen LogP contribution in [0.1, 0.15) is 58.7 Å². The first-order valence-corrected chi connectivity index (χ1v) is 12.2. The van der Waals surface area contributed by atoms with Gasteiger partial charge < -0.3 is 20.0 Å². The van der Waals surface area contributed by atoms with Crippen molar-refractivity contribution in [3.8, 4) is 0 Å². The molecule has 5 atom stereocenters. The number of amides is 1. The van der Waals surface area contributed by atoms with Gasteiger partial charge in [0.15, 0.2) is 0 Å². The molecule has 1 aromatic rings. The molecule has 2 fully saturated rings. The molecule has 1 aliphatic carbocycles. The Kier molecular flexibility index (Phi) is 5.55. The van der Waals surface area contributed by atoms with Crippen molar-refractivity contribution in [1.29, 1.82) is 0 Å². The maximum absolute atomic E-state index is 14.2. The lowest BCUT2D eigenvalue weighted by Gasteiger charge is -2.65. The van der Waals surface area contributed by atoms with Crippen LogP contribution in [0.3, 0.4) is 0 Å².